The van der Waals surface area contributed by atoms with E-state index < -0.39 is 0 Å². The van der Waals surface area contributed by atoms with E-state index in [2.05, 4.69) is 138 Å². The van der Waals surface area contributed by atoms with Gasteiger partial charge in [0.1, 0.15) is 11.6 Å². The molecule has 6 rings (SSSR count). The van der Waals surface area contributed by atoms with Gasteiger partial charge in [0.2, 0.25) is 0 Å². The molecule has 0 atom stereocenters. The molecule has 44 heavy (non-hydrogen) atoms. The second-order valence-electron chi connectivity index (χ2n) is 13.9. The van der Waals surface area contributed by atoms with Crippen LogP contribution in [0.4, 0.5) is 0 Å². The number of benzene rings is 4. The highest BCUT2D eigenvalue weighted by Crippen LogP contribution is 2.43. The minimum atomic E-state index is -0.222. The average Bonchev–Trinajstić information content (AvgIpc) is 3.33. The van der Waals surface area contributed by atoms with E-state index in [1.54, 1.807) is 0 Å². The molecule has 222 valence electrons. The minimum Gasteiger partial charge on any atom is -0.507 e. The summed E-state index contributed by atoms with van der Waals surface area (Å²) >= 11 is 0. The van der Waals surface area contributed by atoms with Crippen LogP contribution in [0.3, 0.4) is 0 Å². The predicted octanol–water partition coefficient (Wildman–Crippen LogP) is 10.2. The molecule has 2 aromatic heterocycles. The Morgan fingerprint density at radius 3 is 2.05 bits per heavy atom. The van der Waals surface area contributed by atoms with Crippen molar-refractivity contribution >= 4 is 11.0 Å². The van der Waals surface area contributed by atoms with Crippen molar-refractivity contribution in [2.24, 2.45) is 7.05 Å². The zero-order chi connectivity index (χ0) is 31.4. The Bertz CT molecular complexity index is 2000. The summed E-state index contributed by atoms with van der Waals surface area (Å²) in [6.07, 6.45) is 1.96. The van der Waals surface area contributed by atoms with Gasteiger partial charge in [-0.05, 0) is 69.8 Å². The predicted molar refractivity (Wildman–Crippen MR) is 184 cm³/mol. The summed E-state index contributed by atoms with van der Waals surface area (Å²) < 4.78 is 2.10. The molecule has 0 aliphatic carbocycles. The molecular weight excluding hydrogens is 538 g/mol. The molecule has 0 aliphatic heterocycles. The van der Waals surface area contributed by atoms with E-state index in [4.69, 9.17) is 9.97 Å². The molecule has 0 spiro atoms. The van der Waals surface area contributed by atoms with Crippen LogP contribution in [0, 0.1) is 6.92 Å². The molecular formula is C40H41N3O. The van der Waals surface area contributed by atoms with E-state index >= 15 is 0 Å². The fraction of sp³-hybridized carbons (Fsp3) is 0.250. The first kappa shape index (κ1) is 29.4. The number of imidazole rings is 1. The summed E-state index contributed by atoms with van der Waals surface area (Å²) in [7, 11) is 2.03. The second-order valence-corrected chi connectivity index (χ2v) is 13.9. The topological polar surface area (TPSA) is 50.9 Å². The van der Waals surface area contributed by atoms with Crippen LogP contribution in [0.15, 0.2) is 97.2 Å². The normalized spacial score (nSPS) is 12.2. The lowest BCUT2D eigenvalue weighted by Crippen LogP contribution is -2.17. The zero-order valence-electron chi connectivity index (χ0n) is 27.0. The van der Waals surface area contributed by atoms with Crippen LogP contribution in [0.2, 0.25) is 0 Å². The quantitative estimate of drug-likeness (QED) is 0.226. The zero-order valence-corrected chi connectivity index (χ0v) is 27.0. The third-order valence-electron chi connectivity index (χ3n) is 8.59. The molecule has 2 heterocycles. The maximum atomic E-state index is 11.6. The summed E-state index contributed by atoms with van der Waals surface area (Å²) in [5.74, 6) is 1.05. The van der Waals surface area contributed by atoms with Gasteiger partial charge in [0.05, 0.1) is 22.3 Å². The monoisotopic (exact) mass is 579 g/mol. The van der Waals surface area contributed by atoms with Gasteiger partial charge in [0, 0.05) is 29.9 Å². The van der Waals surface area contributed by atoms with Gasteiger partial charge >= 0.3 is 0 Å². The van der Waals surface area contributed by atoms with E-state index in [0.29, 0.717) is 5.75 Å². The van der Waals surface area contributed by atoms with Crippen molar-refractivity contribution in [3.63, 3.8) is 0 Å². The lowest BCUT2D eigenvalue weighted by molar-refractivity contribution is 0.446. The van der Waals surface area contributed by atoms with Gasteiger partial charge in [0.25, 0.3) is 0 Å². The molecule has 0 bridgehead atoms. The van der Waals surface area contributed by atoms with Crippen LogP contribution < -0.4 is 0 Å². The van der Waals surface area contributed by atoms with E-state index in [1.165, 1.54) is 16.7 Å². The van der Waals surface area contributed by atoms with Gasteiger partial charge in [0.15, 0.2) is 0 Å². The lowest BCUT2D eigenvalue weighted by Gasteiger charge is -2.27. The van der Waals surface area contributed by atoms with E-state index in [1.807, 2.05) is 19.3 Å². The van der Waals surface area contributed by atoms with Crippen molar-refractivity contribution in [2.45, 2.75) is 59.3 Å². The van der Waals surface area contributed by atoms with Crippen molar-refractivity contribution in [3.8, 4) is 50.6 Å². The van der Waals surface area contributed by atoms with Crippen LogP contribution >= 0.6 is 0 Å². The molecule has 0 saturated heterocycles. The van der Waals surface area contributed by atoms with Gasteiger partial charge in [-0.3, -0.25) is 4.98 Å². The Hall–Kier alpha value is -4.70. The molecule has 0 radical (unpaired) electrons. The van der Waals surface area contributed by atoms with Crippen LogP contribution in [0.1, 0.15) is 58.2 Å². The lowest BCUT2D eigenvalue weighted by atomic mass is 9.79. The average molecular weight is 580 g/mol. The number of phenols is 1. The van der Waals surface area contributed by atoms with Gasteiger partial charge < -0.3 is 9.67 Å². The third-order valence-corrected chi connectivity index (χ3v) is 8.59. The number of aromatic nitrogens is 3. The van der Waals surface area contributed by atoms with Gasteiger partial charge in [-0.1, -0.05) is 108 Å². The van der Waals surface area contributed by atoms with E-state index in [-0.39, 0.29) is 10.8 Å². The Labute approximate surface area is 261 Å². The van der Waals surface area contributed by atoms with Crippen molar-refractivity contribution < 1.29 is 5.11 Å². The Balaban J connectivity index is 1.49. The highest BCUT2D eigenvalue weighted by atomic mass is 16.3. The van der Waals surface area contributed by atoms with Crippen molar-refractivity contribution in [1.82, 2.24) is 14.5 Å². The summed E-state index contributed by atoms with van der Waals surface area (Å²) in [5.41, 5.74) is 12.1. The van der Waals surface area contributed by atoms with Crippen molar-refractivity contribution in [2.75, 3.05) is 0 Å². The van der Waals surface area contributed by atoms with E-state index in [0.717, 1.165) is 55.9 Å². The van der Waals surface area contributed by atoms with Crippen LogP contribution in [0.5, 0.6) is 5.75 Å². The number of phenolic OH excluding ortho intramolecular Hbond substituents is 1. The molecule has 0 aliphatic rings. The van der Waals surface area contributed by atoms with Gasteiger partial charge in [-0.15, -0.1) is 0 Å². The van der Waals surface area contributed by atoms with Crippen molar-refractivity contribution in [1.29, 1.82) is 0 Å². The maximum absolute atomic E-state index is 11.6. The molecule has 6 aromatic rings. The summed E-state index contributed by atoms with van der Waals surface area (Å²) in [6, 6.07) is 31.8. The summed E-state index contributed by atoms with van der Waals surface area (Å²) in [6.45, 7) is 15.2. The number of pyridine rings is 1. The molecule has 0 unspecified atom stereocenters. The van der Waals surface area contributed by atoms with Gasteiger partial charge in [-0.25, -0.2) is 4.98 Å². The molecule has 0 saturated carbocycles. The SMILES string of the molecule is Cc1cnc(-c2cccc(-c3cccc4c3nc(-c3cc(C(C)(C)C)cc(C(C)(C)C)c3O)n4C)c2)cc1-c1ccccc1. The number of rotatable bonds is 4. The highest BCUT2D eigenvalue weighted by Gasteiger charge is 2.27. The van der Waals surface area contributed by atoms with Crippen LogP contribution in [-0.4, -0.2) is 19.6 Å². The number of aryl methyl sites for hydroxylation is 2. The smallest absolute Gasteiger partial charge is 0.144 e. The first-order valence-electron chi connectivity index (χ1n) is 15.3. The molecule has 4 nitrogen and oxygen atoms in total. The van der Waals surface area contributed by atoms with Gasteiger partial charge in [-0.2, -0.15) is 0 Å². The Kier molecular flexibility index (Phi) is 7.20. The molecule has 1 N–H and O–H groups in total. The standard InChI is InChI=1S/C40H41N3O/c1-25-24-41-34(23-31(25)26-14-10-9-11-15-26)28-17-12-16-27(20-28)30-18-13-19-35-36(30)42-38(43(35)8)32-21-29(39(2,3)4)22-33(37(32)44)40(5,6)7/h9-24,44H,1-8H3. The Morgan fingerprint density at radius 1 is 0.659 bits per heavy atom. The second kappa shape index (κ2) is 10.8. The van der Waals surface area contributed by atoms with E-state index in [9.17, 15) is 5.11 Å². The summed E-state index contributed by atoms with van der Waals surface area (Å²) in [5, 5.41) is 11.6. The molecule has 4 aromatic carbocycles. The summed E-state index contributed by atoms with van der Waals surface area (Å²) in [4.78, 5) is 10.0. The maximum Gasteiger partial charge on any atom is 0.144 e. The number of fused-ring (bicyclic) bond motifs is 1. The third kappa shape index (κ3) is 5.30. The van der Waals surface area contributed by atoms with Crippen LogP contribution in [0.25, 0.3) is 55.9 Å². The van der Waals surface area contributed by atoms with Crippen molar-refractivity contribution in [3.05, 3.63) is 114 Å². The largest absolute Gasteiger partial charge is 0.507 e. The number of hydrogen-bond donors (Lipinski definition) is 1. The Morgan fingerprint density at radius 2 is 1.34 bits per heavy atom. The molecule has 0 amide bonds. The minimum absolute atomic E-state index is 0.0803. The first-order chi connectivity index (χ1) is 20.8. The molecule has 0 fully saturated rings. The number of nitrogens with zero attached hydrogens (tertiary/aromatic N) is 3. The molecule has 4 heteroatoms. The number of hydrogen-bond acceptors (Lipinski definition) is 3. The first-order valence-corrected chi connectivity index (χ1v) is 15.3. The number of aromatic hydroxyl groups is 1. The fourth-order valence-electron chi connectivity index (χ4n) is 5.95. The number of para-hydroxylation sites is 1. The highest BCUT2D eigenvalue weighted by molar-refractivity contribution is 5.95. The van der Waals surface area contributed by atoms with Crippen LogP contribution in [-0.2, 0) is 17.9 Å². The fourth-order valence-corrected chi connectivity index (χ4v) is 5.95.